The van der Waals surface area contributed by atoms with E-state index in [2.05, 4.69) is 27.8 Å². The van der Waals surface area contributed by atoms with E-state index in [9.17, 15) is 4.21 Å². The molecule has 0 aromatic carbocycles. The molecule has 0 saturated carbocycles. The Balaban J connectivity index is 2.76. The fourth-order valence-electron chi connectivity index (χ4n) is 1.60. The maximum absolute atomic E-state index is 11.3. The van der Waals surface area contributed by atoms with E-state index in [0.29, 0.717) is 0 Å². The largest absolute Gasteiger partial charge is 0.260 e. The molecule has 2 N–H and O–H groups in total. The highest BCUT2D eigenvalue weighted by molar-refractivity contribution is 9.10. The van der Waals surface area contributed by atoms with Crippen molar-refractivity contribution in [3.05, 3.63) is 28.5 Å². The number of pyridine rings is 1. The Morgan fingerprint density at radius 1 is 1.56 bits per heavy atom. The third-order valence-electron chi connectivity index (χ3n) is 2.60. The Bertz CT molecular complexity index is 378. The van der Waals surface area contributed by atoms with Crippen LogP contribution >= 0.6 is 15.9 Å². The van der Waals surface area contributed by atoms with Gasteiger partial charge in [0.15, 0.2) is 0 Å². The van der Waals surface area contributed by atoms with Crippen LogP contribution in [0.4, 0.5) is 0 Å². The highest BCUT2D eigenvalue weighted by Gasteiger charge is 2.27. The van der Waals surface area contributed by atoms with E-state index in [-0.39, 0.29) is 10.7 Å². The van der Waals surface area contributed by atoms with Crippen LogP contribution in [0.15, 0.2) is 22.8 Å². The van der Waals surface area contributed by atoms with Gasteiger partial charge in [0.25, 0.3) is 0 Å². The summed E-state index contributed by atoms with van der Waals surface area (Å²) in [6.45, 7) is 5.90. The second-order valence-electron chi connectivity index (χ2n) is 4.56. The van der Waals surface area contributed by atoms with Crippen LogP contribution in [-0.2, 0) is 11.0 Å². The van der Waals surface area contributed by atoms with Gasteiger partial charge in [-0.1, -0.05) is 6.92 Å². The van der Waals surface area contributed by atoms with E-state index in [1.807, 2.05) is 26.0 Å². The molecular weight excluding hydrogens is 288 g/mol. The minimum atomic E-state index is -1.31. The predicted octanol–water partition coefficient (Wildman–Crippen LogP) is 2.74. The summed E-state index contributed by atoms with van der Waals surface area (Å²) in [5.74, 6) is 0.246. The minimum Gasteiger partial charge on any atom is -0.260 e. The number of aromatic nitrogens is 1. The first-order valence-electron chi connectivity index (χ1n) is 5.10. The molecule has 90 valence electrons. The molecule has 0 aliphatic rings. The van der Waals surface area contributed by atoms with Crippen molar-refractivity contribution in [3.63, 3.8) is 0 Å². The monoisotopic (exact) mass is 304 g/mol. The molecule has 2 atom stereocenters. The highest BCUT2D eigenvalue weighted by Crippen LogP contribution is 2.27. The van der Waals surface area contributed by atoms with Crippen LogP contribution in [0.3, 0.4) is 0 Å². The average molecular weight is 305 g/mol. The van der Waals surface area contributed by atoms with E-state index < -0.39 is 11.0 Å². The zero-order valence-corrected chi connectivity index (χ0v) is 12.1. The summed E-state index contributed by atoms with van der Waals surface area (Å²) in [6.07, 6.45) is 2.53. The van der Waals surface area contributed by atoms with Gasteiger partial charge in [0, 0.05) is 16.4 Å². The molecule has 0 bridgehead atoms. The van der Waals surface area contributed by atoms with E-state index in [0.717, 1.165) is 16.6 Å². The van der Waals surface area contributed by atoms with Gasteiger partial charge < -0.3 is 0 Å². The Morgan fingerprint density at radius 2 is 2.19 bits per heavy atom. The van der Waals surface area contributed by atoms with Gasteiger partial charge in [-0.05, 0) is 54.2 Å². The third kappa shape index (κ3) is 3.64. The molecule has 0 amide bonds. The van der Waals surface area contributed by atoms with Crippen LogP contribution in [0.1, 0.15) is 38.8 Å². The lowest BCUT2D eigenvalue weighted by Crippen LogP contribution is -2.33. The van der Waals surface area contributed by atoms with Crippen LogP contribution in [0.2, 0.25) is 0 Å². The van der Waals surface area contributed by atoms with E-state index in [1.165, 1.54) is 0 Å². The van der Waals surface area contributed by atoms with Gasteiger partial charge in [-0.3, -0.25) is 10.1 Å². The lowest BCUT2D eigenvalue weighted by atomic mass is 9.95. The molecule has 0 fully saturated rings. The van der Waals surface area contributed by atoms with Crippen molar-refractivity contribution in [1.29, 1.82) is 0 Å². The Morgan fingerprint density at radius 3 is 2.62 bits per heavy atom. The molecule has 1 rings (SSSR count). The van der Waals surface area contributed by atoms with Gasteiger partial charge in [-0.2, -0.15) is 0 Å². The molecule has 16 heavy (non-hydrogen) atoms. The fourth-order valence-corrected chi connectivity index (χ4v) is 2.25. The molecule has 1 unspecified atom stereocenters. The van der Waals surface area contributed by atoms with Crippen molar-refractivity contribution < 1.29 is 4.21 Å². The second kappa shape index (κ2) is 5.38. The van der Waals surface area contributed by atoms with Gasteiger partial charge in [-0.25, -0.2) is 4.21 Å². The Hall–Kier alpha value is -0.260. The van der Waals surface area contributed by atoms with Crippen molar-refractivity contribution in [1.82, 2.24) is 4.98 Å². The molecule has 1 aromatic heterocycles. The summed E-state index contributed by atoms with van der Waals surface area (Å²) in [5.41, 5.74) is 1.00. The van der Waals surface area contributed by atoms with E-state index in [1.54, 1.807) is 6.20 Å². The molecule has 5 heteroatoms. The lowest BCUT2D eigenvalue weighted by molar-refractivity contribution is 0.533. The quantitative estimate of drug-likeness (QED) is 0.930. The number of halogens is 1. The maximum atomic E-state index is 11.3. The molecule has 0 saturated heterocycles. The zero-order valence-electron chi connectivity index (χ0n) is 9.74. The molecule has 1 heterocycles. The molecule has 3 nitrogen and oxygen atoms in total. The zero-order chi connectivity index (χ0) is 12.3. The van der Waals surface area contributed by atoms with E-state index in [4.69, 9.17) is 5.14 Å². The van der Waals surface area contributed by atoms with Crippen molar-refractivity contribution in [2.24, 2.45) is 5.14 Å². The van der Waals surface area contributed by atoms with Crippen LogP contribution in [-0.4, -0.2) is 13.9 Å². The van der Waals surface area contributed by atoms with Gasteiger partial charge in [0.1, 0.15) is 0 Å². The fraction of sp³-hybridized carbons (Fsp3) is 0.545. The van der Waals surface area contributed by atoms with Crippen molar-refractivity contribution in [2.45, 2.75) is 37.9 Å². The van der Waals surface area contributed by atoms with Crippen LogP contribution in [0.25, 0.3) is 0 Å². The molecule has 0 aliphatic carbocycles. The first-order chi connectivity index (χ1) is 7.33. The lowest BCUT2D eigenvalue weighted by Gasteiger charge is -2.24. The Kier molecular flexibility index (Phi) is 4.64. The predicted molar refractivity (Wildman–Crippen MR) is 71.4 cm³/mol. The smallest absolute Gasteiger partial charge is 0.0945 e. The molecule has 1 aromatic rings. The highest BCUT2D eigenvalue weighted by atomic mass is 79.9. The summed E-state index contributed by atoms with van der Waals surface area (Å²) in [7, 11) is -1.31. The number of hydrogen-bond donors (Lipinski definition) is 1. The average Bonchev–Trinajstić information content (AvgIpc) is 2.17. The summed E-state index contributed by atoms with van der Waals surface area (Å²) in [6, 6.07) is 3.94. The number of rotatable bonds is 4. The number of hydrogen-bond acceptors (Lipinski definition) is 2. The van der Waals surface area contributed by atoms with Gasteiger partial charge in [0.05, 0.1) is 15.7 Å². The van der Waals surface area contributed by atoms with Gasteiger partial charge >= 0.3 is 0 Å². The molecule has 0 radical (unpaired) electrons. The normalized spacial score (nSPS) is 15.8. The van der Waals surface area contributed by atoms with Crippen molar-refractivity contribution >= 4 is 26.9 Å². The summed E-state index contributed by atoms with van der Waals surface area (Å²) < 4.78 is 11.9. The standard InChI is InChI=1S/C11H17BrN2OS/c1-8(6-11(2,3)16(13)15)10-5-4-9(12)7-14-10/h4-5,7-8H,6,13H2,1-3H3/t8-,16?/m0/s1. The third-order valence-corrected chi connectivity index (χ3v) is 4.32. The van der Waals surface area contributed by atoms with Crippen LogP contribution in [0.5, 0.6) is 0 Å². The number of nitrogens with zero attached hydrogens (tertiary/aromatic N) is 1. The van der Waals surface area contributed by atoms with Crippen LogP contribution < -0.4 is 5.14 Å². The molecule has 0 spiro atoms. The topological polar surface area (TPSA) is 56.0 Å². The summed E-state index contributed by atoms with van der Waals surface area (Å²) >= 11 is 3.35. The maximum Gasteiger partial charge on any atom is 0.0945 e. The van der Waals surface area contributed by atoms with Crippen LogP contribution in [0, 0.1) is 0 Å². The summed E-state index contributed by atoms with van der Waals surface area (Å²) in [5, 5.41) is 5.46. The van der Waals surface area contributed by atoms with Crippen molar-refractivity contribution in [3.8, 4) is 0 Å². The molecular formula is C11H17BrN2OS. The van der Waals surface area contributed by atoms with E-state index >= 15 is 0 Å². The van der Waals surface area contributed by atoms with Gasteiger partial charge in [0.2, 0.25) is 0 Å². The second-order valence-corrected chi connectivity index (χ2v) is 7.18. The SMILES string of the molecule is C[C@@H](CC(C)(C)S(N)=O)c1ccc(Br)cn1. The number of nitrogens with two attached hydrogens (primary N) is 1. The summed E-state index contributed by atoms with van der Waals surface area (Å²) in [4.78, 5) is 4.34. The first kappa shape index (κ1) is 13.8. The van der Waals surface area contributed by atoms with Crippen molar-refractivity contribution in [2.75, 3.05) is 0 Å². The van der Waals surface area contributed by atoms with Gasteiger partial charge in [-0.15, -0.1) is 0 Å². The Labute approximate surface area is 108 Å². The molecule has 0 aliphatic heterocycles. The minimum absolute atomic E-state index is 0.246. The first-order valence-corrected chi connectivity index (χ1v) is 7.11.